The van der Waals surface area contributed by atoms with E-state index in [0.717, 1.165) is 23.3 Å². The Morgan fingerprint density at radius 3 is 2.67 bits per heavy atom. The maximum absolute atomic E-state index is 12.8. The number of nitrogens with one attached hydrogen (secondary N) is 1. The van der Waals surface area contributed by atoms with Gasteiger partial charge in [0.25, 0.3) is 0 Å². The standard InChI is InChI=1S/C19H22N4O/c1-11(2)13-4-6-14(7-5-13)18-17-15(8-12(3)9-16(17)24)22-19-20-10-21-23(18)19/h4-7,10-12,18H,8-9H2,1-3H3,(H,20,21,22)/t12-,18-/m1/s1. The van der Waals surface area contributed by atoms with E-state index in [-0.39, 0.29) is 11.8 Å². The van der Waals surface area contributed by atoms with Gasteiger partial charge in [-0.05, 0) is 29.4 Å². The van der Waals surface area contributed by atoms with Crippen molar-refractivity contribution in [2.75, 3.05) is 5.32 Å². The number of nitrogens with zero attached hydrogens (tertiary/aromatic N) is 3. The van der Waals surface area contributed by atoms with Crippen molar-refractivity contribution in [3.8, 4) is 0 Å². The third-order valence-electron chi connectivity index (χ3n) is 4.98. The highest BCUT2D eigenvalue weighted by Gasteiger charge is 2.37. The monoisotopic (exact) mass is 322 g/mol. The summed E-state index contributed by atoms with van der Waals surface area (Å²) in [6.07, 6.45) is 3.03. The number of Topliss-reactive ketones (excluding diaryl/α,β-unsaturated/α-hetero) is 1. The van der Waals surface area contributed by atoms with Gasteiger partial charge in [0, 0.05) is 17.7 Å². The zero-order valence-corrected chi connectivity index (χ0v) is 14.3. The molecule has 1 N–H and O–H groups in total. The summed E-state index contributed by atoms with van der Waals surface area (Å²) < 4.78 is 1.83. The third kappa shape index (κ3) is 2.35. The molecule has 1 aliphatic heterocycles. The summed E-state index contributed by atoms with van der Waals surface area (Å²) in [5, 5.41) is 7.69. The van der Waals surface area contributed by atoms with Crippen LogP contribution in [0.25, 0.3) is 0 Å². The molecule has 2 aliphatic rings. The molecule has 0 amide bonds. The molecule has 5 heteroatoms. The lowest BCUT2D eigenvalue weighted by Gasteiger charge is -2.34. The van der Waals surface area contributed by atoms with E-state index >= 15 is 0 Å². The highest BCUT2D eigenvalue weighted by atomic mass is 16.1. The number of rotatable bonds is 2. The van der Waals surface area contributed by atoms with E-state index in [2.05, 4.69) is 60.4 Å². The summed E-state index contributed by atoms with van der Waals surface area (Å²) in [6, 6.07) is 8.35. The minimum absolute atomic E-state index is 0.181. The number of hydrogen-bond donors (Lipinski definition) is 1. The first-order valence-electron chi connectivity index (χ1n) is 8.57. The van der Waals surface area contributed by atoms with Crippen molar-refractivity contribution in [3.05, 3.63) is 53.0 Å². The second kappa shape index (κ2) is 5.58. The van der Waals surface area contributed by atoms with Gasteiger partial charge in [-0.15, -0.1) is 0 Å². The Kier molecular flexibility index (Phi) is 3.52. The highest BCUT2D eigenvalue weighted by Crippen LogP contribution is 2.41. The quantitative estimate of drug-likeness (QED) is 0.916. The van der Waals surface area contributed by atoms with E-state index in [1.54, 1.807) is 6.33 Å². The molecular formula is C19H22N4O. The zero-order chi connectivity index (χ0) is 16.8. The number of carbonyl (C=O) groups is 1. The number of anilines is 1. The normalized spacial score (nSPS) is 23.1. The number of fused-ring (bicyclic) bond motifs is 1. The van der Waals surface area contributed by atoms with E-state index in [1.807, 2.05) is 4.68 Å². The first-order valence-corrected chi connectivity index (χ1v) is 8.57. The van der Waals surface area contributed by atoms with Gasteiger partial charge in [0.2, 0.25) is 5.95 Å². The molecule has 24 heavy (non-hydrogen) atoms. The van der Waals surface area contributed by atoms with Crippen LogP contribution in [0.4, 0.5) is 5.95 Å². The van der Waals surface area contributed by atoms with Crippen LogP contribution in [0.1, 0.15) is 56.7 Å². The van der Waals surface area contributed by atoms with E-state index in [1.165, 1.54) is 5.56 Å². The molecule has 1 aromatic carbocycles. The highest BCUT2D eigenvalue weighted by molar-refractivity contribution is 5.99. The number of carbonyl (C=O) groups excluding carboxylic acids is 1. The smallest absolute Gasteiger partial charge is 0.226 e. The molecule has 1 aromatic heterocycles. The fraction of sp³-hybridized carbons (Fsp3) is 0.421. The van der Waals surface area contributed by atoms with Crippen molar-refractivity contribution in [2.24, 2.45) is 5.92 Å². The van der Waals surface area contributed by atoms with E-state index < -0.39 is 0 Å². The molecule has 0 spiro atoms. The largest absolute Gasteiger partial charge is 0.328 e. The molecule has 2 aromatic rings. The second-order valence-electron chi connectivity index (χ2n) is 7.21. The SMILES string of the molecule is CC(C)c1ccc([C@@H]2C3=C(C[C@@H](C)CC3=O)Nc3ncnn32)cc1. The van der Waals surface area contributed by atoms with Gasteiger partial charge < -0.3 is 5.32 Å². The van der Waals surface area contributed by atoms with Crippen molar-refractivity contribution < 1.29 is 4.79 Å². The molecular weight excluding hydrogens is 300 g/mol. The topological polar surface area (TPSA) is 59.8 Å². The fourth-order valence-electron chi connectivity index (χ4n) is 3.72. The number of hydrogen-bond acceptors (Lipinski definition) is 4. The summed E-state index contributed by atoms with van der Waals surface area (Å²) in [5.41, 5.74) is 4.24. The number of allylic oxidation sites excluding steroid dienone is 2. The van der Waals surface area contributed by atoms with Gasteiger partial charge in [-0.3, -0.25) is 4.79 Å². The first-order chi connectivity index (χ1) is 11.5. The molecule has 0 unspecified atom stereocenters. The van der Waals surface area contributed by atoms with Crippen molar-refractivity contribution >= 4 is 11.7 Å². The lowest BCUT2D eigenvalue weighted by atomic mass is 9.81. The second-order valence-corrected chi connectivity index (χ2v) is 7.21. The molecule has 2 atom stereocenters. The zero-order valence-electron chi connectivity index (χ0n) is 14.3. The van der Waals surface area contributed by atoms with Crippen molar-refractivity contribution in [1.82, 2.24) is 14.8 Å². The van der Waals surface area contributed by atoms with Crippen LogP contribution in [0.3, 0.4) is 0 Å². The van der Waals surface area contributed by atoms with E-state index in [9.17, 15) is 4.79 Å². The van der Waals surface area contributed by atoms with Crippen LogP contribution in [0, 0.1) is 5.92 Å². The minimum atomic E-state index is -0.181. The van der Waals surface area contributed by atoms with Crippen LogP contribution < -0.4 is 5.32 Å². The summed E-state index contributed by atoms with van der Waals surface area (Å²) in [7, 11) is 0. The average Bonchev–Trinajstić information content (AvgIpc) is 3.00. The van der Waals surface area contributed by atoms with Crippen molar-refractivity contribution in [2.45, 2.75) is 45.6 Å². The summed E-state index contributed by atoms with van der Waals surface area (Å²) in [5.74, 6) is 1.78. The molecule has 4 rings (SSSR count). The van der Waals surface area contributed by atoms with Gasteiger partial charge >= 0.3 is 0 Å². The Balaban J connectivity index is 1.83. The van der Waals surface area contributed by atoms with Gasteiger partial charge in [-0.2, -0.15) is 10.1 Å². The molecule has 0 fully saturated rings. The molecule has 5 nitrogen and oxygen atoms in total. The van der Waals surface area contributed by atoms with Crippen LogP contribution >= 0.6 is 0 Å². The van der Waals surface area contributed by atoms with Crippen LogP contribution in [0.15, 0.2) is 41.9 Å². The van der Waals surface area contributed by atoms with Crippen LogP contribution in [0.5, 0.6) is 0 Å². The molecule has 0 saturated heterocycles. The summed E-state index contributed by atoms with van der Waals surface area (Å²) in [4.78, 5) is 17.1. The predicted octanol–water partition coefficient (Wildman–Crippen LogP) is 3.67. The van der Waals surface area contributed by atoms with Crippen LogP contribution in [-0.4, -0.2) is 20.5 Å². The summed E-state index contributed by atoms with van der Waals surface area (Å²) >= 11 is 0. The summed E-state index contributed by atoms with van der Waals surface area (Å²) in [6.45, 7) is 6.48. The number of benzene rings is 1. The van der Waals surface area contributed by atoms with Gasteiger partial charge in [0.05, 0.1) is 0 Å². The first kappa shape index (κ1) is 15.1. The Morgan fingerprint density at radius 1 is 1.21 bits per heavy atom. The molecule has 124 valence electrons. The minimum Gasteiger partial charge on any atom is -0.328 e. The third-order valence-corrected chi connectivity index (χ3v) is 4.98. The average molecular weight is 322 g/mol. The van der Waals surface area contributed by atoms with Crippen molar-refractivity contribution in [1.29, 1.82) is 0 Å². The van der Waals surface area contributed by atoms with Crippen LogP contribution in [-0.2, 0) is 4.79 Å². The molecule has 1 aliphatic carbocycles. The van der Waals surface area contributed by atoms with Gasteiger partial charge in [0.15, 0.2) is 5.78 Å². The Bertz CT molecular complexity index is 816. The number of aromatic nitrogens is 3. The molecule has 0 bridgehead atoms. The van der Waals surface area contributed by atoms with Gasteiger partial charge in [0.1, 0.15) is 12.4 Å². The number of ketones is 1. The maximum atomic E-state index is 12.8. The molecule has 0 radical (unpaired) electrons. The Hall–Kier alpha value is -2.43. The Labute approximate surface area is 141 Å². The fourth-order valence-corrected chi connectivity index (χ4v) is 3.72. The van der Waals surface area contributed by atoms with E-state index in [0.29, 0.717) is 24.2 Å². The van der Waals surface area contributed by atoms with Crippen molar-refractivity contribution in [3.63, 3.8) is 0 Å². The van der Waals surface area contributed by atoms with Crippen LogP contribution in [0.2, 0.25) is 0 Å². The van der Waals surface area contributed by atoms with Gasteiger partial charge in [-0.25, -0.2) is 4.68 Å². The maximum Gasteiger partial charge on any atom is 0.226 e. The lowest BCUT2D eigenvalue weighted by Crippen LogP contribution is -2.33. The molecule has 0 saturated carbocycles. The predicted molar refractivity (Wildman–Crippen MR) is 92.7 cm³/mol. The van der Waals surface area contributed by atoms with E-state index in [4.69, 9.17) is 0 Å². The Morgan fingerprint density at radius 2 is 1.96 bits per heavy atom. The molecule has 2 heterocycles. The van der Waals surface area contributed by atoms with Gasteiger partial charge in [-0.1, -0.05) is 45.0 Å². The lowest BCUT2D eigenvalue weighted by molar-refractivity contribution is -0.117.